The summed E-state index contributed by atoms with van der Waals surface area (Å²) in [6.07, 6.45) is 0.866. The van der Waals surface area contributed by atoms with Gasteiger partial charge in [0.25, 0.3) is 11.8 Å². The lowest BCUT2D eigenvalue weighted by atomic mass is 10.1. The van der Waals surface area contributed by atoms with Gasteiger partial charge in [-0.15, -0.1) is 0 Å². The van der Waals surface area contributed by atoms with E-state index in [9.17, 15) is 14.4 Å². The largest absolute Gasteiger partial charge is 0.369 e. The van der Waals surface area contributed by atoms with Crippen LogP contribution in [0, 0.1) is 0 Å². The summed E-state index contributed by atoms with van der Waals surface area (Å²) in [5.41, 5.74) is 13.2. The number of carbonyl (C=O) groups excluding carboxylic acids is 3. The van der Waals surface area contributed by atoms with Crippen molar-refractivity contribution in [1.82, 2.24) is 5.32 Å². The topological polar surface area (TPSA) is 134 Å². The molecule has 9 heteroatoms. The van der Waals surface area contributed by atoms with Crippen molar-refractivity contribution in [2.75, 3.05) is 23.0 Å². The van der Waals surface area contributed by atoms with Gasteiger partial charge in [0.05, 0.1) is 11.3 Å². The van der Waals surface area contributed by atoms with Gasteiger partial charge in [-0.1, -0.05) is 30.3 Å². The number of carbonyl (C=O) groups is 3. The number of hydrogen-bond donors (Lipinski definition) is 3. The monoisotopic (exact) mass is 420 g/mol. The predicted octanol–water partition coefficient (Wildman–Crippen LogP) is 0.601. The maximum atomic E-state index is 12.9. The summed E-state index contributed by atoms with van der Waals surface area (Å²) < 4.78 is 0. The van der Waals surface area contributed by atoms with Crippen molar-refractivity contribution < 1.29 is 14.4 Å². The molecule has 2 aliphatic rings. The van der Waals surface area contributed by atoms with E-state index in [0.29, 0.717) is 30.8 Å². The van der Waals surface area contributed by atoms with Gasteiger partial charge in [0.2, 0.25) is 5.91 Å². The van der Waals surface area contributed by atoms with E-state index in [-0.39, 0.29) is 24.1 Å². The van der Waals surface area contributed by atoms with Crippen LogP contribution in [0.5, 0.6) is 0 Å². The fraction of sp³-hybridized carbons (Fsp3) is 0.273. The van der Waals surface area contributed by atoms with Crippen LogP contribution in [-0.4, -0.2) is 48.6 Å². The van der Waals surface area contributed by atoms with Crippen LogP contribution >= 0.6 is 0 Å². The van der Waals surface area contributed by atoms with Gasteiger partial charge in [-0.2, -0.15) is 5.10 Å². The van der Waals surface area contributed by atoms with Crippen LogP contribution in [0.15, 0.2) is 59.7 Å². The van der Waals surface area contributed by atoms with E-state index < -0.39 is 17.9 Å². The number of amides is 3. The van der Waals surface area contributed by atoms with E-state index in [1.54, 1.807) is 12.1 Å². The molecule has 2 atom stereocenters. The number of para-hydroxylation sites is 2. The van der Waals surface area contributed by atoms with E-state index in [4.69, 9.17) is 11.5 Å². The Hall–Kier alpha value is -3.88. The second kappa shape index (κ2) is 8.47. The zero-order chi connectivity index (χ0) is 22.0. The number of primary amides is 2. The molecule has 3 amide bonds. The maximum absolute atomic E-state index is 12.9. The van der Waals surface area contributed by atoms with Crippen LogP contribution in [0.4, 0.5) is 11.4 Å². The second-order valence-electron chi connectivity index (χ2n) is 7.64. The fourth-order valence-corrected chi connectivity index (χ4v) is 4.01. The molecule has 0 spiro atoms. The molecular weight excluding hydrogens is 396 g/mol. The molecule has 2 aromatic rings. The molecular formula is C22H24N6O3. The number of hydrogen-bond acceptors (Lipinski definition) is 6. The Kier molecular flexibility index (Phi) is 5.57. The zero-order valence-electron chi connectivity index (χ0n) is 16.9. The highest BCUT2D eigenvalue weighted by Crippen LogP contribution is 2.26. The van der Waals surface area contributed by atoms with E-state index in [1.807, 2.05) is 47.4 Å². The lowest BCUT2D eigenvalue weighted by Crippen LogP contribution is -2.42. The lowest BCUT2D eigenvalue weighted by Gasteiger charge is -2.21. The summed E-state index contributed by atoms with van der Waals surface area (Å²) >= 11 is 0. The first kappa shape index (κ1) is 20.4. The quantitative estimate of drug-likeness (QED) is 0.629. The number of nitrogens with one attached hydrogen (secondary N) is 1. The summed E-state index contributed by atoms with van der Waals surface area (Å²) in [5.74, 6) is -1.34. The number of anilines is 2. The molecule has 0 radical (unpaired) electrons. The van der Waals surface area contributed by atoms with Gasteiger partial charge in [-0.05, 0) is 30.7 Å². The van der Waals surface area contributed by atoms with Crippen molar-refractivity contribution in [2.45, 2.75) is 24.9 Å². The van der Waals surface area contributed by atoms with Crippen LogP contribution in [-0.2, 0) is 9.59 Å². The van der Waals surface area contributed by atoms with E-state index >= 15 is 0 Å². The highest BCUT2D eigenvalue weighted by atomic mass is 16.2. The molecule has 2 aliphatic heterocycles. The third-order valence-electron chi connectivity index (χ3n) is 5.56. The average molecular weight is 420 g/mol. The van der Waals surface area contributed by atoms with Gasteiger partial charge < -0.3 is 21.7 Å². The average Bonchev–Trinajstić information content (AvgIpc) is 3.42. The Morgan fingerprint density at radius 3 is 2.42 bits per heavy atom. The Balaban J connectivity index is 1.44. The molecule has 0 aromatic heterocycles. The predicted molar refractivity (Wildman–Crippen MR) is 118 cm³/mol. The minimum atomic E-state index is -0.703. The van der Waals surface area contributed by atoms with Gasteiger partial charge in [-0.3, -0.25) is 19.4 Å². The summed E-state index contributed by atoms with van der Waals surface area (Å²) in [4.78, 5) is 38.5. The van der Waals surface area contributed by atoms with Crippen molar-refractivity contribution in [1.29, 1.82) is 0 Å². The van der Waals surface area contributed by atoms with Crippen LogP contribution < -0.4 is 26.7 Å². The highest BCUT2D eigenvalue weighted by molar-refractivity contribution is 6.40. The molecule has 5 N–H and O–H groups in total. The minimum Gasteiger partial charge on any atom is -0.369 e. The number of hydrazone groups is 1. The van der Waals surface area contributed by atoms with Gasteiger partial charge in [-0.25, -0.2) is 0 Å². The molecule has 4 rings (SSSR count). The van der Waals surface area contributed by atoms with Crippen molar-refractivity contribution >= 4 is 34.8 Å². The number of rotatable bonds is 6. The second-order valence-corrected chi connectivity index (χ2v) is 7.64. The molecule has 2 unspecified atom stereocenters. The summed E-state index contributed by atoms with van der Waals surface area (Å²) in [6, 6.07) is 15.5. The molecule has 1 fully saturated rings. The van der Waals surface area contributed by atoms with Crippen molar-refractivity contribution in [3.8, 4) is 0 Å². The first-order chi connectivity index (χ1) is 14.9. The Bertz CT molecular complexity index is 1040. The zero-order valence-corrected chi connectivity index (χ0v) is 16.9. The van der Waals surface area contributed by atoms with Crippen molar-refractivity contribution in [3.05, 3.63) is 60.2 Å². The van der Waals surface area contributed by atoms with Crippen molar-refractivity contribution in [2.24, 2.45) is 16.6 Å². The van der Waals surface area contributed by atoms with Gasteiger partial charge in [0, 0.05) is 31.2 Å². The number of nitrogens with zero attached hydrogens (tertiary/aromatic N) is 3. The van der Waals surface area contributed by atoms with E-state index in [0.717, 1.165) is 5.69 Å². The first-order valence-corrected chi connectivity index (χ1v) is 10.1. The smallest absolute Gasteiger partial charge is 0.267 e. The highest BCUT2D eigenvalue weighted by Gasteiger charge is 2.36. The third kappa shape index (κ3) is 4.20. The lowest BCUT2D eigenvalue weighted by molar-refractivity contribution is -0.119. The molecule has 2 heterocycles. The molecule has 0 saturated carbocycles. The summed E-state index contributed by atoms with van der Waals surface area (Å²) in [6.45, 7) is 1.23. The first-order valence-electron chi connectivity index (χ1n) is 10.1. The van der Waals surface area contributed by atoms with Crippen LogP contribution in [0.1, 0.15) is 23.2 Å². The van der Waals surface area contributed by atoms with Crippen LogP contribution in [0.3, 0.4) is 0 Å². The molecule has 0 bridgehead atoms. The fourth-order valence-electron chi connectivity index (χ4n) is 4.01. The van der Waals surface area contributed by atoms with Crippen LogP contribution in [0.25, 0.3) is 0 Å². The molecule has 160 valence electrons. The Labute approximate surface area is 179 Å². The Morgan fingerprint density at radius 1 is 1.00 bits per heavy atom. The number of benzene rings is 2. The van der Waals surface area contributed by atoms with Crippen LogP contribution in [0.2, 0.25) is 0 Å². The molecule has 31 heavy (non-hydrogen) atoms. The standard InChI is InChI=1S/C22H24N6O3/c23-20(29)16-8-4-5-9-18(16)27-11-10-14(13-27)25-22(31)17-12-19(21(24)30)28(26-17)15-6-2-1-3-7-15/h1-9,14,19H,10-13H2,(H2,23,29)(H2,24,30)(H,25,31). The summed E-state index contributed by atoms with van der Waals surface area (Å²) in [7, 11) is 0. The normalized spacial score (nSPS) is 20.5. The minimum absolute atomic E-state index is 0.117. The molecule has 9 nitrogen and oxygen atoms in total. The van der Waals surface area contributed by atoms with E-state index in [1.165, 1.54) is 5.01 Å². The SMILES string of the molecule is NC(=O)c1ccccc1N1CCC(NC(=O)C2=NN(c3ccccc3)C(C(N)=O)C2)C1. The van der Waals surface area contributed by atoms with Gasteiger partial charge >= 0.3 is 0 Å². The van der Waals surface area contributed by atoms with E-state index in [2.05, 4.69) is 10.4 Å². The van der Waals surface area contributed by atoms with Gasteiger partial charge in [0.1, 0.15) is 11.8 Å². The third-order valence-corrected chi connectivity index (χ3v) is 5.56. The molecule has 2 aromatic carbocycles. The Morgan fingerprint density at radius 2 is 1.71 bits per heavy atom. The summed E-state index contributed by atoms with van der Waals surface area (Å²) in [5, 5.41) is 8.88. The molecule has 0 aliphatic carbocycles. The molecule has 1 saturated heterocycles. The van der Waals surface area contributed by atoms with Crippen molar-refractivity contribution in [3.63, 3.8) is 0 Å². The maximum Gasteiger partial charge on any atom is 0.267 e. The number of nitrogens with two attached hydrogens (primary N) is 2. The van der Waals surface area contributed by atoms with Gasteiger partial charge in [0.15, 0.2) is 0 Å².